The van der Waals surface area contributed by atoms with Gasteiger partial charge in [-0.3, -0.25) is 0 Å². The van der Waals surface area contributed by atoms with E-state index in [0.29, 0.717) is 6.42 Å². The maximum absolute atomic E-state index is 11.2. The minimum atomic E-state index is -1.23. The zero-order valence-corrected chi connectivity index (χ0v) is 7.30. The highest BCUT2D eigenvalue weighted by Crippen LogP contribution is 2.44. The standard InChI is InChI=1S/C9H14O3/c1-8(11)6-9(12-7(8)10)4-2-3-5-9/h11H,2-6H2,1H3. The number of rotatable bonds is 0. The van der Waals surface area contributed by atoms with E-state index in [1.54, 1.807) is 6.92 Å². The molecule has 0 amide bonds. The van der Waals surface area contributed by atoms with Crippen molar-refractivity contribution >= 4 is 5.97 Å². The minimum Gasteiger partial charge on any atom is -0.457 e. The third-order valence-electron chi connectivity index (χ3n) is 2.93. The highest BCUT2D eigenvalue weighted by Gasteiger charge is 2.54. The number of hydrogen-bond donors (Lipinski definition) is 1. The molecule has 12 heavy (non-hydrogen) atoms. The van der Waals surface area contributed by atoms with Crippen LogP contribution in [0.25, 0.3) is 0 Å². The molecular formula is C9H14O3. The van der Waals surface area contributed by atoms with Crippen LogP contribution in [0.15, 0.2) is 0 Å². The molecule has 0 aromatic rings. The third-order valence-corrected chi connectivity index (χ3v) is 2.93. The number of aliphatic hydroxyl groups is 1. The van der Waals surface area contributed by atoms with Crippen LogP contribution >= 0.6 is 0 Å². The summed E-state index contributed by atoms with van der Waals surface area (Å²) in [6, 6.07) is 0. The fourth-order valence-corrected chi connectivity index (χ4v) is 2.34. The van der Waals surface area contributed by atoms with Crippen LogP contribution in [-0.2, 0) is 9.53 Å². The quantitative estimate of drug-likeness (QED) is 0.551. The lowest BCUT2D eigenvalue weighted by Gasteiger charge is -2.20. The average molecular weight is 170 g/mol. The molecule has 3 nitrogen and oxygen atoms in total. The van der Waals surface area contributed by atoms with Crippen molar-refractivity contribution in [2.45, 2.75) is 50.2 Å². The molecule has 1 saturated heterocycles. The average Bonchev–Trinajstić information content (AvgIpc) is 2.42. The van der Waals surface area contributed by atoms with Crippen molar-refractivity contribution in [3.63, 3.8) is 0 Å². The molecule has 1 N–H and O–H groups in total. The highest BCUT2D eigenvalue weighted by molar-refractivity contribution is 5.81. The number of carbonyl (C=O) groups is 1. The number of carbonyl (C=O) groups excluding carboxylic acids is 1. The van der Waals surface area contributed by atoms with Crippen molar-refractivity contribution in [3.8, 4) is 0 Å². The highest BCUT2D eigenvalue weighted by atomic mass is 16.6. The third kappa shape index (κ3) is 1.04. The number of ether oxygens (including phenoxy) is 1. The summed E-state index contributed by atoms with van der Waals surface area (Å²) in [6.45, 7) is 1.54. The fourth-order valence-electron chi connectivity index (χ4n) is 2.34. The zero-order chi connectivity index (χ0) is 8.82. The molecule has 0 radical (unpaired) electrons. The van der Waals surface area contributed by atoms with Crippen molar-refractivity contribution in [1.82, 2.24) is 0 Å². The van der Waals surface area contributed by atoms with Gasteiger partial charge >= 0.3 is 5.97 Å². The Morgan fingerprint density at radius 1 is 1.42 bits per heavy atom. The van der Waals surface area contributed by atoms with E-state index in [1.807, 2.05) is 0 Å². The molecule has 1 spiro atoms. The summed E-state index contributed by atoms with van der Waals surface area (Å²) >= 11 is 0. The molecule has 68 valence electrons. The maximum Gasteiger partial charge on any atom is 0.338 e. The molecule has 1 unspecified atom stereocenters. The molecule has 2 rings (SSSR count). The molecule has 1 saturated carbocycles. The first-order valence-corrected chi connectivity index (χ1v) is 4.50. The molecule has 0 aromatic heterocycles. The SMILES string of the molecule is CC1(O)CC2(CCCC2)OC1=O. The van der Waals surface area contributed by atoms with E-state index in [0.717, 1.165) is 25.7 Å². The van der Waals surface area contributed by atoms with E-state index in [4.69, 9.17) is 4.74 Å². The van der Waals surface area contributed by atoms with Gasteiger partial charge in [0.25, 0.3) is 0 Å². The molecule has 1 aliphatic carbocycles. The van der Waals surface area contributed by atoms with Gasteiger partial charge in [-0.2, -0.15) is 0 Å². The summed E-state index contributed by atoms with van der Waals surface area (Å²) in [5.74, 6) is -0.440. The second-order valence-electron chi connectivity index (χ2n) is 4.23. The van der Waals surface area contributed by atoms with Crippen molar-refractivity contribution in [2.75, 3.05) is 0 Å². The molecule has 0 bridgehead atoms. The van der Waals surface area contributed by atoms with Crippen LogP contribution in [0.4, 0.5) is 0 Å². The second kappa shape index (κ2) is 2.22. The van der Waals surface area contributed by atoms with Gasteiger partial charge in [0.05, 0.1) is 0 Å². The van der Waals surface area contributed by atoms with Gasteiger partial charge in [0.2, 0.25) is 0 Å². The fraction of sp³-hybridized carbons (Fsp3) is 0.889. The predicted octanol–water partition coefficient (Wildman–Crippen LogP) is 0.997. The van der Waals surface area contributed by atoms with Gasteiger partial charge in [-0.1, -0.05) is 0 Å². The van der Waals surface area contributed by atoms with Crippen LogP contribution in [0.3, 0.4) is 0 Å². The van der Waals surface area contributed by atoms with Crippen molar-refractivity contribution in [2.24, 2.45) is 0 Å². The summed E-state index contributed by atoms with van der Waals surface area (Å²) in [5.41, 5.74) is -1.54. The van der Waals surface area contributed by atoms with Crippen LogP contribution in [-0.4, -0.2) is 22.3 Å². The summed E-state index contributed by atoms with van der Waals surface area (Å²) in [4.78, 5) is 11.2. The second-order valence-corrected chi connectivity index (χ2v) is 4.23. The van der Waals surface area contributed by atoms with Gasteiger partial charge < -0.3 is 9.84 Å². The van der Waals surface area contributed by atoms with Gasteiger partial charge in [0, 0.05) is 6.42 Å². The molecule has 2 aliphatic rings. The number of hydrogen-bond acceptors (Lipinski definition) is 3. The maximum atomic E-state index is 11.2. The Labute approximate surface area is 71.7 Å². The Hall–Kier alpha value is -0.570. The Morgan fingerprint density at radius 2 is 2.00 bits per heavy atom. The van der Waals surface area contributed by atoms with E-state index >= 15 is 0 Å². The Kier molecular flexibility index (Phi) is 1.49. The van der Waals surface area contributed by atoms with E-state index < -0.39 is 11.6 Å². The van der Waals surface area contributed by atoms with Crippen molar-refractivity contribution < 1.29 is 14.6 Å². The van der Waals surface area contributed by atoms with Crippen LogP contribution in [0.2, 0.25) is 0 Å². The monoisotopic (exact) mass is 170 g/mol. The lowest BCUT2D eigenvalue weighted by atomic mass is 9.91. The van der Waals surface area contributed by atoms with Crippen molar-refractivity contribution in [3.05, 3.63) is 0 Å². The van der Waals surface area contributed by atoms with E-state index in [9.17, 15) is 9.90 Å². The molecule has 2 fully saturated rings. The molecule has 3 heteroatoms. The van der Waals surface area contributed by atoms with E-state index in [2.05, 4.69) is 0 Å². The lowest BCUT2D eigenvalue weighted by Crippen LogP contribution is -2.30. The smallest absolute Gasteiger partial charge is 0.338 e. The van der Waals surface area contributed by atoms with E-state index in [1.165, 1.54) is 0 Å². The van der Waals surface area contributed by atoms with Gasteiger partial charge in [-0.15, -0.1) is 0 Å². The van der Waals surface area contributed by atoms with Crippen LogP contribution in [0.5, 0.6) is 0 Å². The normalized spacial score (nSPS) is 39.0. The summed E-state index contributed by atoms with van der Waals surface area (Å²) in [7, 11) is 0. The van der Waals surface area contributed by atoms with Crippen molar-refractivity contribution in [1.29, 1.82) is 0 Å². The summed E-state index contributed by atoms with van der Waals surface area (Å²) in [5, 5.41) is 9.61. The number of esters is 1. The Bertz CT molecular complexity index is 214. The molecule has 1 atom stereocenters. The molecule has 1 aliphatic heterocycles. The van der Waals surface area contributed by atoms with Gasteiger partial charge in [-0.05, 0) is 32.6 Å². The lowest BCUT2D eigenvalue weighted by molar-refractivity contribution is -0.157. The van der Waals surface area contributed by atoms with Gasteiger partial charge in [0.1, 0.15) is 5.60 Å². The van der Waals surface area contributed by atoms with Gasteiger partial charge in [-0.25, -0.2) is 4.79 Å². The zero-order valence-electron chi connectivity index (χ0n) is 7.30. The van der Waals surface area contributed by atoms with Crippen LogP contribution < -0.4 is 0 Å². The molecular weight excluding hydrogens is 156 g/mol. The van der Waals surface area contributed by atoms with E-state index in [-0.39, 0.29) is 5.60 Å². The molecule has 1 heterocycles. The largest absolute Gasteiger partial charge is 0.457 e. The Morgan fingerprint density at radius 3 is 2.42 bits per heavy atom. The Balaban J connectivity index is 2.19. The first kappa shape index (κ1) is 8.05. The minimum absolute atomic E-state index is 0.305. The summed E-state index contributed by atoms with van der Waals surface area (Å²) < 4.78 is 5.24. The van der Waals surface area contributed by atoms with Crippen LogP contribution in [0.1, 0.15) is 39.0 Å². The first-order chi connectivity index (χ1) is 5.54. The molecule has 0 aromatic carbocycles. The predicted molar refractivity (Wildman–Crippen MR) is 42.5 cm³/mol. The summed E-state index contributed by atoms with van der Waals surface area (Å²) in [6.07, 6.45) is 4.56. The van der Waals surface area contributed by atoms with Gasteiger partial charge in [0.15, 0.2) is 5.60 Å². The first-order valence-electron chi connectivity index (χ1n) is 4.50. The van der Waals surface area contributed by atoms with Crippen LogP contribution in [0, 0.1) is 0 Å². The topological polar surface area (TPSA) is 46.5 Å².